The summed E-state index contributed by atoms with van der Waals surface area (Å²) in [5, 5.41) is 3.35. The van der Waals surface area contributed by atoms with E-state index in [1.807, 2.05) is 43.3 Å². The first-order valence-electron chi connectivity index (χ1n) is 9.85. The Balaban J connectivity index is 1.83. The van der Waals surface area contributed by atoms with E-state index >= 15 is 0 Å². The van der Waals surface area contributed by atoms with Crippen LogP contribution in [0.5, 0.6) is 5.75 Å². The van der Waals surface area contributed by atoms with Gasteiger partial charge in [0.25, 0.3) is 11.8 Å². The van der Waals surface area contributed by atoms with Gasteiger partial charge < -0.3 is 15.8 Å². The summed E-state index contributed by atoms with van der Waals surface area (Å²) in [6, 6.07) is 17.0. The number of hydrogen-bond acceptors (Lipinski definition) is 4. The lowest BCUT2D eigenvalue weighted by Gasteiger charge is -2.10. The van der Waals surface area contributed by atoms with E-state index in [-0.39, 0.29) is 5.91 Å². The number of carbonyl (C=O) groups is 2. The first-order chi connectivity index (χ1) is 14.3. The van der Waals surface area contributed by atoms with Gasteiger partial charge in [0.15, 0.2) is 0 Å². The van der Waals surface area contributed by atoms with Crippen LogP contribution in [0.4, 0.5) is 5.00 Å². The molecule has 0 unspecified atom stereocenters. The maximum absolute atomic E-state index is 12.8. The fourth-order valence-corrected chi connectivity index (χ4v) is 4.30. The zero-order valence-corrected chi connectivity index (χ0v) is 18.2. The van der Waals surface area contributed by atoms with Crippen molar-refractivity contribution < 1.29 is 14.3 Å². The lowest BCUT2D eigenvalue weighted by atomic mass is 10.1. The molecule has 0 saturated carbocycles. The molecule has 0 aliphatic rings. The first-order valence-corrected chi connectivity index (χ1v) is 10.7. The Hall–Kier alpha value is -3.12. The fraction of sp³-hybridized carbons (Fsp3) is 0.250. The molecule has 3 N–H and O–H groups in total. The molecule has 0 aliphatic heterocycles. The van der Waals surface area contributed by atoms with E-state index in [2.05, 4.69) is 19.2 Å². The quantitative estimate of drug-likeness (QED) is 0.534. The minimum Gasteiger partial charge on any atom is -0.493 e. The summed E-state index contributed by atoms with van der Waals surface area (Å²) in [5.41, 5.74) is 8.39. The predicted molar refractivity (Wildman–Crippen MR) is 122 cm³/mol. The molecule has 0 radical (unpaired) electrons. The van der Waals surface area contributed by atoms with Crippen molar-refractivity contribution in [3.05, 3.63) is 81.7 Å². The molecule has 3 aromatic rings. The molecule has 0 bridgehead atoms. The number of ether oxygens (including phenoxy) is 1. The number of amides is 2. The van der Waals surface area contributed by atoms with Gasteiger partial charge in [-0.25, -0.2) is 0 Å². The van der Waals surface area contributed by atoms with E-state index in [1.54, 1.807) is 18.2 Å². The highest BCUT2D eigenvalue weighted by atomic mass is 32.1. The van der Waals surface area contributed by atoms with Gasteiger partial charge in [0.1, 0.15) is 10.8 Å². The van der Waals surface area contributed by atoms with E-state index < -0.39 is 5.91 Å². The van der Waals surface area contributed by atoms with Crippen LogP contribution in [0.3, 0.4) is 0 Å². The van der Waals surface area contributed by atoms with Crippen LogP contribution in [0.2, 0.25) is 0 Å². The van der Waals surface area contributed by atoms with Gasteiger partial charge in [-0.3, -0.25) is 9.59 Å². The number of anilines is 1. The smallest absolute Gasteiger partial charge is 0.256 e. The van der Waals surface area contributed by atoms with E-state index in [1.165, 1.54) is 11.3 Å². The van der Waals surface area contributed by atoms with Crippen molar-refractivity contribution in [2.75, 3.05) is 11.9 Å². The zero-order valence-electron chi connectivity index (χ0n) is 17.4. The van der Waals surface area contributed by atoms with Gasteiger partial charge in [0.05, 0.1) is 12.2 Å². The minimum atomic E-state index is -0.549. The molecule has 1 heterocycles. The maximum Gasteiger partial charge on any atom is 0.256 e. The van der Waals surface area contributed by atoms with Crippen molar-refractivity contribution in [2.24, 2.45) is 11.7 Å². The van der Waals surface area contributed by atoms with Crippen LogP contribution in [0.25, 0.3) is 0 Å². The molecule has 1 aromatic heterocycles. The number of benzene rings is 2. The topological polar surface area (TPSA) is 81.4 Å². The second-order valence-corrected chi connectivity index (χ2v) is 8.67. The largest absolute Gasteiger partial charge is 0.493 e. The monoisotopic (exact) mass is 422 g/mol. The van der Waals surface area contributed by atoms with Crippen LogP contribution in [0, 0.1) is 12.8 Å². The Morgan fingerprint density at radius 3 is 2.50 bits per heavy atom. The Bertz CT molecular complexity index is 1040. The summed E-state index contributed by atoms with van der Waals surface area (Å²) in [5.74, 6) is 0.170. The second-order valence-electron chi connectivity index (χ2n) is 7.57. The Labute approximate surface area is 180 Å². The summed E-state index contributed by atoms with van der Waals surface area (Å²) in [6.45, 7) is 6.57. The number of rotatable bonds is 8. The van der Waals surface area contributed by atoms with Gasteiger partial charge in [-0.15, -0.1) is 11.3 Å². The third-order valence-corrected chi connectivity index (χ3v) is 5.81. The van der Waals surface area contributed by atoms with Gasteiger partial charge >= 0.3 is 0 Å². The molecule has 2 amide bonds. The zero-order chi connectivity index (χ0) is 21.7. The third-order valence-electron chi connectivity index (χ3n) is 4.61. The van der Waals surface area contributed by atoms with Gasteiger partial charge in [-0.1, -0.05) is 50.2 Å². The Morgan fingerprint density at radius 1 is 1.10 bits per heavy atom. The molecular formula is C24H26N2O3S. The summed E-state index contributed by atoms with van der Waals surface area (Å²) >= 11 is 1.39. The van der Waals surface area contributed by atoms with Crippen LogP contribution in [-0.4, -0.2) is 18.4 Å². The maximum atomic E-state index is 12.8. The molecule has 5 nitrogen and oxygen atoms in total. The van der Waals surface area contributed by atoms with Crippen LogP contribution in [-0.2, 0) is 6.42 Å². The SMILES string of the molecule is Cc1c(Cc2ccccc2)sc(NC(=O)c2cccc(OCC(C)C)c2)c1C(N)=O. The highest BCUT2D eigenvalue weighted by Gasteiger charge is 2.21. The third kappa shape index (κ3) is 5.27. The van der Waals surface area contributed by atoms with Crippen LogP contribution >= 0.6 is 11.3 Å². The van der Waals surface area contributed by atoms with E-state index in [9.17, 15) is 9.59 Å². The number of thiophene rings is 1. The van der Waals surface area contributed by atoms with Crippen molar-refractivity contribution in [1.82, 2.24) is 0 Å². The van der Waals surface area contributed by atoms with E-state index in [0.29, 0.717) is 40.8 Å². The summed E-state index contributed by atoms with van der Waals surface area (Å²) < 4.78 is 5.71. The van der Waals surface area contributed by atoms with Crippen LogP contribution < -0.4 is 15.8 Å². The van der Waals surface area contributed by atoms with Gasteiger partial charge in [0.2, 0.25) is 0 Å². The lowest BCUT2D eigenvalue weighted by molar-refractivity contribution is 0.100. The minimum absolute atomic E-state index is 0.306. The van der Waals surface area contributed by atoms with Crippen LogP contribution in [0.15, 0.2) is 54.6 Å². The normalized spacial score (nSPS) is 10.8. The average Bonchev–Trinajstić information content (AvgIpc) is 3.02. The van der Waals surface area contributed by atoms with Crippen molar-refractivity contribution in [3.8, 4) is 5.75 Å². The molecule has 0 spiro atoms. The Morgan fingerprint density at radius 2 is 1.83 bits per heavy atom. The number of hydrogen-bond donors (Lipinski definition) is 2. The molecule has 0 saturated heterocycles. The second kappa shape index (κ2) is 9.59. The molecule has 0 atom stereocenters. The summed E-state index contributed by atoms with van der Waals surface area (Å²) in [7, 11) is 0. The van der Waals surface area contributed by atoms with Crippen molar-refractivity contribution in [1.29, 1.82) is 0 Å². The number of primary amides is 1. The highest BCUT2D eigenvalue weighted by molar-refractivity contribution is 7.17. The van der Waals surface area contributed by atoms with E-state index in [0.717, 1.165) is 16.0 Å². The number of nitrogens with one attached hydrogen (secondary N) is 1. The van der Waals surface area contributed by atoms with Crippen molar-refractivity contribution in [3.63, 3.8) is 0 Å². The molecule has 0 fully saturated rings. The molecule has 2 aromatic carbocycles. The molecule has 30 heavy (non-hydrogen) atoms. The Kier molecular flexibility index (Phi) is 6.90. The summed E-state index contributed by atoms with van der Waals surface area (Å²) in [6.07, 6.45) is 0.673. The van der Waals surface area contributed by atoms with Gasteiger partial charge in [-0.05, 0) is 42.2 Å². The van der Waals surface area contributed by atoms with Crippen LogP contribution in [0.1, 0.15) is 50.6 Å². The molecule has 3 rings (SSSR count). The lowest BCUT2D eigenvalue weighted by Crippen LogP contribution is -2.17. The molecular weight excluding hydrogens is 396 g/mol. The number of carbonyl (C=O) groups excluding carboxylic acids is 2. The standard InChI is InChI=1S/C24H26N2O3S/c1-15(2)14-29-19-11-7-10-18(13-19)23(28)26-24-21(22(25)27)16(3)20(30-24)12-17-8-5-4-6-9-17/h4-11,13,15H,12,14H2,1-3H3,(H2,25,27)(H,26,28). The van der Waals surface area contributed by atoms with Gasteiger partial charge in [0, 0.05) is 16.9 Å². The van der Waals surface area contributed by atoms with Crippen molar-refractivity contribution >= 4 is 28.2 Å². The fourth-order valence-electron chi connectivity index (χ4n) is 3.06. The van der Waals surface area contributed by atoms with E-state index in [4.69, 9.17) is 10.5 Å². The van der Waals surface area contributed by atoms with Crippen molar-refractivity contribution in [2.45, 2.75) is 27.2 Å². The van der Waals surface area contributed by atoms with Gasteiger partial charge in [-0.2, -0.15) is 0 Å². The highest BCUT2D eigenvalue weighted by Crippen LogP contribution is 2.34. The first kappa shape index (κ1) is 21.6. The predicted octanol–water partition coefficient (Wildman–Crippen LogP) is 5.03. The number of nitrogens with two attached hydrogens (primary N) is 1. The molecule has 6 heteroatoms. The summed E-state index contributed by atoms with van der Waals surface area (Å²) in [4.78, 5) is 25.9. The average molecular weight is 423 g/mol. The molecule has 156 valence electrons. The molecule has 0 aliphatic carbocycles.